The van der Waals surface area contributed by atoms with Crippen LogP contribution in [0.5, 0.6) is 0 Å². The minimum atomic E-state index is -0.281. The van der Waals surface area contributed by atoms with Gasteiger partial charge in [-0.2, -0.15) is 5.10 Å². The number of halogens is 3. The smallest absolute Gasteiger partial charge is 0.142 e. The zero-order chi connectivity index (χ0) is 18.3. The minimum absolute atomic E-state index is 0. The number of nitrogens with one attached hydrogen (secondary N) is 1. The van der Waals surface area contributed by atoms with E-state index in [1.165, 1.54) is 12.1 Å². The Hall–Kier alpha value is -2.70. The summed E-state index contributed by atoms with van der Waals surface area (Å²) in [5.41, 5.74) is 4.11. The molecule has 0 radical (unpaired) electrons. The highest BCUT2D eigenvalue weighted by Crippen LogP contribution is 2.31. The lowest BCUT2D eigenvalue weighted by atomic mass is 10.1. The number of aryl methyl sites for hydroxylation is 2. The highest BCUT2D eigenvalue weighted by atomic mass is 35.5. The van der Waals surface area contributed by atoms with Crippen LogP contribution < -0.4 is 5.32 Å². The number of fused-ring (bicyclic) bond motifs is 1. The van der Waals surface area contributed by atoms with Gasteiger partial charge in [-0.15, -0.1) is 12.4 Å². The lowest BCUT2D eigenvalue weighted by Crippen LogP contribution is -1.98. The third-order valence-corrected chi connectivity index (χ3v) is 4.36. The molecule has 5 nitrogen and oxygen atoms in total. The van der Waals surface area contributed by atoms with Gasteiger partial charge in [0.05, 0.1) is 34.2 Å². The second-order valence-corrected chi connectivity index (χ2v) is 6.35. The Labute approximate surface area is 166 Å². The van der Waals surface area contributed by atoms with Crippen molar-refractivity contribution in [2.24, 2.45) is 7.05 Å². The second-order valence-electron chi connectivity index (χ2n) is 5.96. The third-order valence-electron chi connectivity index (χ3n) is 4.14. The van der Waals surface area contributed by atoms with Crippen LogP contribution in [0.2, 0.25) is 5.15 Å². The number of aromatic nitrogens is 4. The van der Waals surface area contributed by atoms with E-state index in [2.05, 4.69) is 15.4 Å². The Bertz CT molecular complexity index is 1090. The van der Waals surface area contributed by atoms with Gasteiger partial charge in [0.1, 0.15) is 16.8 Å². The zero-order valence-electron chi connectivity index (χ0n) is 14.6. The summed E-state index contributed by atoms with van der Waals surface area (Å²) in [7, 11) is 1.89. The number of hydrogen-bond donors (Lipinski definition) is 1. The van der Waals surface area contributed by atoms with E-state index in [1.54, 1.807) is 24.4 Å². The van der Waals surface area contributed by atoms with Gasteiger partial charge in [-0.05, 0) is 49.4 Å². The molecule has 0 unspecified atom stereocenters. The van der Waals surface area contributed by atoms with Crippen LogP contribution in [0.4, 0.5) is 15.9 Å². The molecule has 4 aromatic rings. The molecule has 138 valence electrons. The normalized spacial score (nSPS) is 10.7. The van der Waals surface area contributed by atoms with Gasteiger partial charge in [-0.3, -0.25) is 4.68 Å². The fourth-order valence-electron chi connectivity index (χ4n) is 2.92. The number of pyridine rings is 2. The first-order valence-corrected chi connectivity index (χ1v) is 8.38. The van der Waals surface area contributed by atoms with Crippen molar-refractivity contribution in [3.63, 3.8) is 0 Å². The number of rotatable bonds is 3. The van der Waals surface area contributed by atoms with Gasteiger partial charge in [0, 0.05) is 12.6 Å². The molecule has 0 fully saturated rings. The van der Waals surface area contributed by atoms with Crippen molar-refractivity contribution in [2.45, 2.75) is 6.92 Å². The topological polar surface area (TPSA) is 55.6 Å². The molecular formula is C19H16Cl2FN5. The average Bonchev–Trinajstić information content (AvgIpc) is 2.92. The first-order chi connectivity index (χ1) is 12.5. The van der Waals surface area contributed by atoms with E-state index in [-0.39, 0.29) is 18.2 Å². The van der Waals surface area contributed by atoms with Crippen molar-refractivity contribution in [1.82, 2.24) is 19.7 Å². The van der Waals surface area contributed by atoms with Crippen LogP contribution in [0, 0.1) is 12.7 Å². The quantitative estimate of drug-likeness (QED) is 0.471. The van der Waals surface area contributed by atoms with Gasteiger partial charge >= 0.3 is 0 Å². The number of benzene rings is 1. The van der Waals surface area contributed by atoms with Crippen molar-refractivity contribution < 1.29 is 4.39 Å². The van der Waals surface area contributed by atoms with E-state index in [9.17, 15) is 4.39 Å². The lowest BCUT2D eigenvalue weighted by molar-refractivity contribution is 0.628. The summed E-state index contributed by atoms with van der Waals surface area (Å²) >= 11 is 5.86. The SMILES string of the molecule is Cc1nn(C)c2cc(-c3ccc(F)cc3)nc(Nc3ccc(Cl)nc3)c12.Cl. The molecule has 27 heavy (non-hydrogen) atoms. The zero-order valence-corrected chi connectivity index (χ0v) is 16.1. The molecule has 0 saturated carbocycles. The maximum Gasteiger partial charge on any atom is 0.142 e. The maximum absolute atomic E-state index is 13.3. The van der Waals surface area contributed by atoms with Crippen molar-refractivity contribution in [2.75, 3.05) is 5.32 Å². The van der Waals surface area contributed by atoms with Crippen LogP contribution in [-0.4, -0.2) is 19.7 Å². The van der Waals surface area contributed by atoms with Gasteiger partial charge in [-0.25, -0.2) is 14.4 Å². The summed E-state index contributed by atoms with van der Waals surface area (Å²) in [5.74, 6) is 0.383. The summed E-state index contributed by atoms with van der Waals surface area (Å²) in [6.07, 6.45) is 1.64. The van der Waals surface area contributed by atoms with Crippen molar-refractivity contribution in [3.05, 3.63) is 65.3 Å². The average molecular weight is 404 g/mol. The Kier molecular flexibility index (Phi) is 5.30. The Morgan fingerprint density at radius 2 is 1.85 bits per heavy atom. The number of hydrogen-bond acceptors (Lipinski definition) is 4. The first-order valence-electron chi connectivity index (χ1n) is 8.00. The predicted octanol–water partition coefficient (Wildman–Crippen LogP) is 5.30. The van der Waals surface area contributed by atoms with E-state index in [0.717, 1.165) is 33.5 Å². The Morgan fingerprint density at radius 1 is 1.11 bits per heavy atom. The summed E-state index contributed by atoms with van der Waals surface area (Å²) in [6.45, 7) is 1.94. The predicted molar refractivity (Wildman–Crippen MR) is 108 cm³/mol. The fraction of sp³-hybridized carbons (Fsp3) is 0.105. The van der Waals surface area contributed by atoms with Gasteiger partial charge in [0.2, 0.25) is 0 Å². The Morgan fingerprint density at radius 3 is 2.52 bits per heavy atom. The summed E-state index contributed by atoms with van der Waals surface area (Å²) < 4.78 is 15.1. The minimum Gasteiger partial charge on any atom is -0.338 e. The lowest BCUT2D eigenvalue weighted by Gasteiger charge is -2.10. The highest BCUT2D eigenvalue weighted by molar-refractivity contribution is 6.29. The van der Waals surface area contributed by atoms with Crippen molar-refractivity contribution in [3.8, 4) is 11.3 Å². The van der Waals surface area contributed by atoms with E-state index >= 15 is 0 Å². The molecule has 3 heterocycles. The molecule has 0 saturated heterocycles. The second kappa shape index (κ2) is 7.50. The van der Waals surface area contributed by atoms with Gasteiger partial charge in [0.15, 0.2) is 0 Å². The van der Waals surface area contributed by atoms with Crippen LogP contribution in [0.1, 0.15) is 5.69 Å². The third kappa shape index (κ3) is 3.72. The molecule has 1 N–H and O–H groups in total. The van der Waals surface area contributed by atoms with Gasteiger partial charge < -0.3 is 5.32 Å². The summed E-state index contributed by atoms with van der Waals surface area (Å²) in [5, 5.41) is 9.13. The van der Waals surface area contributed by atoms with Gasteiger partial charge in [0.25, 0.3) is 0 Å². The van der Waals surface area contributed by atoms with E-state index < -0.39 is 0 Å². The monoisotopic (exact) mass is 403 g/mol. The highest BCUT2D eigenvalue weighted by Gasteiger charge is 2.15. The molecule has 0 aliphatic rings. The molecule has 3 aromatic heterocycles. The molecule has 8 heteroatoms. The maximum atomic E-state index is 13.3. The van der Waals surface area contributed by atoms with Crippen LogP contribution >= 0.6 is 24.0 Å². The molecule has 1 aromatic carbocycles. The van der Waals surface area contributed by atoms with E-state index in [1.807, 2.05) is 30.8 Å². The fourth-order valence-corrected chi connectivity index (χ4v) is 3.03. The standard InChI is InChI=1S/C19H15ClFN5.ClH/c1-11-18-16(26(2)25-11)9-15(12-3-5-13(21)6-4-12)24-19(18)23-14-7-8-17(20)22-10-14;/h3-10H,1-2H3,(H,23,24);1H. The first kappa shape index (κ1) is 19.1. The molecule has 0 atom stereocenters. The van der Waals surface area contributed by atoms with Crippen LogP contribution in [0.3, 0.4) is 0 Å². The van der Waals surface area contributed by atoms with Crippen molar-refractivity contribution in [1.29, 1.82) is 0 Å². The van der Waals surface area contributed by atoms with E-state index in [0.29, 0.717) is 11.0 Å². The van der Waals surface area contributed by atoms with Crippen LogP contribution in [0.15, 0.2) is 48.7 Å². The molecule has 0 aliphatic carbocycles. The summed E-state index contributed by atoms with van der Waals surface area (Å²) in [4.78, 5) is 8.83. The molecule has 0 amide bonds. The van der Waals surface area contributed by atoms with Crippen LogP contribution in [-0.2, 0) is 7.05 Å². The number of anilines is 2. The number of nitrogens with zero attached hydrogens (tertiary/aromatic N) is 4. The Balaban J connectivity index is 0.00000210. The molecule has 4 rings (SSSR count). The molecule has 0 aliphatic heterocycles. The van der Waals surface area contributed by atoms with E-state index in [4.69, 9.17) is 16.6 Å². The largest absolute Gasteiger partial charge is 0.338 e. The van der Waals surface area contributed by atoms with Crippen LogP contribution in [0.25, 0.3) is 22.2 Å². The molecule has 0 bridgehead atoms. The van der Waals surface area contributed by atoms with Crippen molar-refractivity contribution >= 4 is 46.4 Å². The van der Waals surface area contributed by atoms with Gasteiger partial charge in [-0.1, -0.05) is 11.6 Å². The summed E-state index contributed by atoms with van der Waals surface area (Å²) in [6, 6.07) is 11.8. The molecule has 0 spiro atoms. The molecular weight excluding hydrogens is 388 g/mol.